The zero-order valence-corrected chi connectivity index (χ0v) is 17.2. The second-order valence-electron chi connectivity index (χ2n) is 6.58. The van der Waals surface area contributed by atoms with E-state index in [-0.39, 0.29) is 0 Å². The van der Waals surface area contributed by atoms with E-state index in [0.29, 0.717) is 12.4 Å². The summed E-state index contributed by atoms with van der Waals surface area (Å²) in [7, 11) is 1.65. The van der Waals surface area contributed by atoms with Crippen LogP contribution in [-0.2, 0) is 6.54 Å². The number of amides is 1. The van der Waals surface area contributed by atoms with E-state index in [4.69, 9.17) is 15.2 Å². The first-order chi connectivity index (χ1) is 14.6. The number of fused-ring (bicyclic) bond motifs is 1. The van der Waals surface area contributed by atoms with Gasteiger partial charge in [0.25, 0.3) is 0 Å². The Morgan fingerprint density at radius 3 is 2.67 bits per heavy atom. The van der Waals surface area contributed by atoms with Gasteiger partial charge in [0.2, 0.25) is 5.88 Å². The quantitative estimate of drug-likeness (QED) is 0.373. The third-order valence-electron chi connectivity index (χ3n) is 4.52. The number of hydrogen-bond acceptors (Lipinski definition) is 5. The molecule has 30 heavy (non-hydrogen) atoms. The van der Waals surface area contributed by atoms with Crippen LogP contribution in [0.2, 0.25) is 0 Å². The first kappa shape index (κ1) is 19.7. The highest BCUT2D eigenvalue weighted by Crippen LogP contribution is 2.41. The van der Waals surface area contributed by atoms with Gasteiger partial charge in [-0.2, -0.15) is 0 Å². The second kappa shape index (κ2) is 8.84. The number of aromatic amines is 1. The van der Waals surface area contributed by atoms with Crippen LogP contribution in [0.3, 0.4) is 0 Å². The minimum atomic E-state index is -0.851. The molecule has 0 saturated heterocycles. The summed E-state index contributed by atoms with van der Waals surface area (Å²) in [5, 5.41) is 4.37. The van der Waals surface area contributed by atoms with Crippen LogP contribution in [0.5, 0.6) is 11.6 Å². The Bertz CT molecular complexity index is 1180. The largest absolute Gasteiger partial charge is 0.497 e. The summed E-state index contributed by atoms with van der Waals surface area (Å²) in [6, 6.07) is 23.8. The van der Waals surface area contributed by atoms with Crippen LogP contribution in [0, 0.1) is 0 Å². The number of methoxy groups -OCH3 is 1. The predicted molar refractivity (Wildman–Crippen MR) is 119 cm³/mol. The first-order valence-electron chi connectivity index (χ1n) is 9.35. The molecular weight excluding hydrogens is 398 g/mol. The monoisotopic (exact) mass is 419 g/mol. The number of carbonyl (C=O) groups excluding carboxylic acids is 1. The maximum Gasteiger partial charge on any atom is 0.411 e. The molecule has 0 unspecified atom stereocenters. The number of nitrogens with one attached hydrogen (secondary N) is 2. The van der Waals surface area contributed by atoms with E-state index in [1.807, 2.05) is 66.7 Å². The van der Waals surface area contributed by atoms with Crippen LogP contribution in [0.4, 0.5) is 10.5 Å². The van der Waals surface area contributed by atoms with Crippen molar-refractivity contribution >= 4 is 34.4 Å². The number of anilines is 1. The molecule has 0 atom stereocenters. The molecule has 152 valence electrons. The van der Waals surface area contributed by atoms with Gasteiger partial charge in [-0.3, -0.25) is 0 Å². The van der Waals surface area contributed by atoms with Crippen molar-refractivity contribution in [2.75, 3.05) is 12.4 Å². The molecular formula is C23H21N3O3S. The average Bonchev–Trinajstić information content (AvgIpc) is 3.09. The van der Waals surface area contributed by atoms with Crippen LogP contribution in [0.25, 0.3) is 10.9 Å². The molecule has 1 heterocycles. The number of primary amides is 1. The summed E-state index contributed by atoms with van der Waals surface area (Å²) in [4.78, 5) is 16.4. The first-order valence-corrected chi connectivity index (χ1v) is 10.2. The molecule has 0 aliphatic carbocycles. The zero-order valence-electron chi connectivity index (χ0n) is 16.3. The zero-order chi connectivity index (χ0) is 20.9. The van der Waals surface area contributed by atoms with Crippen molar-refractivity contribution in [3.8, 4) is 11.6 Å². The molecule has 0 spiro atoms. The Morgan fingerprint density at radius 2 is 1.90 bits per heavy atom. The maximum atomic E-state index is 11.4. The predicted octanol–water partition coefficient (Wildman–Crippen LogP) is 5.40. The normalized spacial score (nSPS) is 10.7. The molecule has 0 aliphatic heterocycles. The second-order valence-corrected chi connectivity index (χ2v) is 7.67. The Balaban J connectivity index is 1.64. The van der Waals surface area contributed by atoms with Gasteiger partial charge in [0.15, 0.2) is 0 Å². The molecule has 7 heteroatoms. The van der Waals surface area contributed by atoms with E-state index in [1.54, 1.807) is 7.11 Å². The fourth-order valence-electron chi connectivity index (χ4n) is 3.12. The number of aromatic nitrogens is 1. The van der Waals surface area contributed by atoms with Gasteiger partial charge in [-0.15, -0.1) is 0 Å². The van der Waals surface area contributed by atoms with Gasteiger partial charge in [0, 0.05) is 34.1 Å². The highest BCUT2D eigenvalue weighted by Gasteiger charge is 2.16. The third-order valence-corrected chi connectivity index (χ3v) is 5.63. The fraction of sp³-hybridized carbons (Fsp3) is 0.0870. The Kier molecular flexibility index (Phi) is 5.81. The van der Waals surface area contributed by atoms with Crippen molar-refractivity contribution in [2.24, 2.45) is 5.73 Å². The van der Waals surface area contributed by atoms with Crippen LogP contribution in [-0.4, -0.2) is 18.2 Å². The van der Waals surface area contributed by atoms with Gasteiger partial charge >= 0.3 is 6.09 Å². The lowest BCUT2D eigenvalue weighted by molar-refractivity contribution is 0.208. The highest BCUT2D eigenvalue weighted by molar-refractivity contribution is 7.99. The van der Waals surface area contributed by atoms with Crippen LogP contribution in [0.1, 0.15) is 5.56 Å². The van der Waals surface area contributed by atoms with Crippen molar-refractivity contribution in [1.29, 1.82) is 0 Å². The summed E-state index contributed by atoms with van der Waals surface area (Å²) in [6.07, 6.45) is -0.851. The van der Waals surface area contributed by atoms with Gasteiger partial charge < -0.3 is 25.5 Å². The van der Waals surface area contributed by atoms with Crippen molar-refractivity contribution in [3.63, 3.8) is 0 Å². The molecule has 0 aliphatic rings. The molecule has 0 bridgehead atoms. The fourth-order valence-corrected chi connectivity index (χ4v) is 4.11. The Hall–Kier alpha value is -3.58. The summed E-state index contributed by atoms with van der Waals surface area (Å²) >= 11 is 1.52. The summed E-state index contributed by atoms with van der Waals surface area (Å²) < 4.78 is 10.5. The van der Waals surface area contributed by atoms with Gasteiger partial charge in [-0.25, -0.2) is 4.79 Å². The van der Waals surface area contributed by atoms with Crippen molar-refractivity contribution in [3.05, 3.63) is 78.4 Å². The lowest BCUT2D eigenvalue weighted by atomic mass is 10.1. The van der Waals surface area contributed by atoms with Gasteiger partial charge in [0.05, 0.1) is 12.0 Å². The number of rotatable bonds is 7. The Labute approximate surface area is 178 Å². The third kappa shape index (κ3) is 4.52. The van der Waals surface area contributed by atoms with Gasteiger partial charge in [0.1, 0.15) is 5.75 Å². The van der Waals surface area contributed by atoms with E-state index >= 15 is 0 Å². The topological polar surface area (TPSA) is 89.4 Å². The molecule has 4 N–H and O–H groups in total. The van der Waals surface area contributed by atoms with Gasteiger partial charge in [-0.05, 0) is 42.0 Å². The summed E-state index contributed by atoms with van der Waals surface area (Å²) in [6.45, 7) is 0.635. The molecule has 4 rings (SSSR count). The molecule has 0 radical (unpaired) electrons. The summed E-state index contributed by atoms with van der Waals surface area (Å²) in [5.74, 6) is 1.15. The van der Waals surface area contributed by atoms with Gasteiger partial charge in [-0.1, -0.05) is 42.1 Å². The minimum absolute atomic E-state index is 0.351. The highest BCUT2D eigenvalue weighted by atomic mass is 32.2. The standard InChI is InChI=1S/C23H21N3O3S/c1-28-17-7-5-6-16(13-17)25-14-15-10-11-20-19(12-15)21(22(26-20)29-23(24)27)30-18-8-3-2-4-9-18/h2-13,25-26H,14H2,1H3,(H2,24,27). The molecule has 3 aromatic carbocycles. The van der Waals surface area contributed by atoms with E-state index in [0.717, 1.165) is 37.7 Å². The van der Waals surface area contributed by atoms with Crippen molar-refractivity contribution in [2.45, 2.75) is 16.3 Å². The van der Waals surface area contributed by atoms with E-state index in [9.17, 15) is 4.79 Å². The molecule has 4 aromatic rings. The van der Waals surface area contributed by atoms with Crippen molar-refractivity contribution < 1.29 is 14.3 Å². The number of carbonyl (C=O) groups is 1. The van der Waals surface area contributed by atoms with E-state index < -0.39 is 6.09 Å². The number of ether oxygens (including phenoxy) is 2. The van der Waals surface area contributed by atoms with Crippen LogP contribution < -0.4 is 20.5 Å². The lowest BCUT2D eigenvalue weighted by Crippen LogP contribution is -2.16. The maximum absolute atomic E-state index is 11.4. The molecule has 1 aromatic heterocycles. The average molecular weight is 420 g/mol. The number of nitrogens with two attached hydrogens (primary N) is 1. The summed E-state index contributed by atoms with van der Waals surface area (Å²) in [5.41, 5.74) is 8.19. The SMILES string of the molecule is COc1cccc(NCc2ccc3[nH]c(OC(N)=O)c(Sc4ccccc4)c3c2)c1. The van der Waals surface area contributed by atoms with Crippen LogP contribution >= 0.6 is 11.8 Å². The smallest absolute Gasteiger partial charge is 0.411 e. The molecule has 0 saturated carbocycles. The molecule has 1 amide bonds. The molecule has 6 nitrogen and oxygen atoms in total. The van der Waals surface area contributed by atoms with E-state index in [2.05, 4.69) is 16.4 Å². The van der Waals surface area contributed by atoms with E-state index in [1.165, 1.54) is 11.8 Å². The van der Waals surface area contributed by atoms with Crippen LogP contribution in [0.15, 0.2) is 82.6 Å². The minimum Gasteiger partial charge on any atom is -0.497 e. The van der Waals surface area contributed by atoms with Crippen molar-refractivity contribution in [1.82, 2.24) is 4.98 Å². The number of hydrogen-bond donors (Lipinski definition) is 3. The Morgan fingerprint density at radius 1 is 1.07 bits per heavy atom. The molecule has 0 fully saturated rings. The number of H-pyrrole nitrogens is 1. The number of benzene rings is 3. The lowest BCUT2D eigenvalue weighted by Gasteiger charge is -2.09.